The molecule has 0 spiro atoms. The number of hydrogen-bond donors (Lipinski definition) is 3. The number of carboxylic acid groups (broad SMARTS) is 1. The molecule has 0 fully saturated rings. The number of aryl methyl sites for hydroxylation is 1. The third kappa shape index (κ3) is 4.40. The number of hydrogen-bond acceptors (Lipinski definition) is 2. The standard InChI is InChI=1S/C12H15FN2O3/c1-7-3-9(13)5-10(4-7)15-12(18)14-6-8(2)11(16)17/h3-5,8H,6H2,1-2H3,(H,16,17)(H2,14,15,18). The Morgan fingerprint density at radius 1 is 1.39 bits per heavy atom. The van der Waals surface area contributed by atoms with Crippen molar-refractivity contribution in [3.8, 4) is 0 Å². The fourth-order valence-corrected chi connectivity index (χ4v) is 1.32. The van der Waals surface area contributed by atoms with Crippen molar-refractivity contribution in [1.82, 2.24) is 5.32 Å². The van der Waals surface area contributed by atoms with E-state index >= 15 is 0 Å². The maximum atomic E-state index is 13.0. The second-order valence-electron chi connectivity index (χ2n) is 4.09. The van der Waals surface area contributed by atoms with Crippen molar-refractivity contribution in [2.24, 2.45) is 5.92 Å². The van der Waals surface area contributed by atoms with E-state index in [9.17, 15) is 14.0 Å². The van der Waals surface area contributed by atoms with Crippen LogP contribution in [0.2, 0.25) is 0 Å². The van der Waals surface area contributed by atoms with E-state index in [2.05, 4.69) is 10.6 Å². The summed E-state index contributed by atoms with van der Waals surface area (Å²) in [6.07, 6.45) is 0. The van der Waals surface area contributed by atoms with Crippen LogP contribution in [-0.4, -0.2) is 23.7 Å². The van der Waals surface area contributed by atoms with Crippen molar-refractivity contribution in [2.75, 3.05) is 11.9 Å². The zero-order valence-corrected chi connectivity index (χ0v) is 10.2. The molecule has 1 rings (SSSR count). The molecule has 1 aromatic carbocycles. The lowest BCUT2D eigenvalue weighted by Gasteiger charge is -2.10. The third-order valence-electron chi connectivity index (χ3n) is 2.29. The molecule has 1 unspecified atom stereocenters. The lowest BCUT2D eigenvalue weighted by atomic mass is 10.2. The molecule has 0 saturated heterocycles. The van der Waals surface area contributed by atoms with Gasteiger partial charge in [0.1, 0.15) is 5.82 Å². The van der Waals surface area contributed by atoms with Crippen LogP contribution in [0.25, 0.3) is 0 Å². The van der Waals surface area contributed by atoms with Gasteiger partial charge in [0.25, 0.3) is 0 Å². The molecule has 3 N–H and O–H groups in total. The minimum atomic E-state index is -0.989. The Bertz CT molecular complexity index is 442. The SMILES string of the molecule is Cc1cc(F)cc(NC(=O)NCC(C)C(=O)O)c1. The predicted molar refractivity (Wildman–Crippen MR) is 65.0 cm³/mol. The van der Waals surface area contributed by atoms with E-state index in [1.807, 2.05) is 0 Å². The molecule has 5 nitrogen and oxygen atoms in total. The van der Waals surface area contributed by atoms with Gasteiger partial charge < -0.3 is 15.7 Å². The lowest BCUT2D eigenvalue weighted by molar-refractivity contribution is -0.140. The van der Waals surface area contributed by atoms with Crippen molar-refractivity contribution in [3.05, 3.63) is 29.6 Å². The van der Waals surface area contributed by atoms with Crippen LogP contribution < -0.4 is 10.6 Å². The summed E-state index contributed by atoms with van der Waals surface area (Å²) in [6.45, 7) is 3.20. The largest absolute Gasteiger partial charge is 0.481 e. The molecule has 18 heavy (non-hydrogen) atoms. The van der Waals surface area contributed by atoms with Crippen LogP contribution in [0.15, 0.2) is 18.2 Å². The number of benzene rings is 1. The highest BCUT2D eigenvalue weighted by atomic mass is 19.1. The quantitative estimate of drug-likeness (QED) is 0.768. The first kappa shape index (κ1) is 14.0. The second-order valence-corrected chi connectivity index (χ2v) is 4.09. The Labute approximate surface area is 104 Å². The summed E-state index contributed by atoms with van der Waals surface area (Å²) in [5.41, 5.74) is 1.01. The first-order chi connectivity index (χ1) is 8.38. The van der Waals surface area contributed by atoms with Crippen molar-refractivity contribution in [1.29, 1.82) is 0 Å². The molecular weight excluding hydrogens is 239 g/mol. The van der Waals surface area contributed by atoms with Gasteiger partial charge in [-0.25, -0.2) is 9.18 Å². The summed E-state index contributed by atoms with van der Waals surface area (Å²) in [6, 6.07) is 3.58. The Morgan fingerprint density at radius 3 is 2.61 bits per heavy atom. The van der Waals surface area contributed by atoms with Gasteiger partial charge >= 0.3 is 12.0 Å². The van der Waals surface area contributed by atoms with Crippen LogP contribution in [0.4, 0.5) is 14.9 Å². The van der Waals surface area contributed by atoms with Crippen LogP contribution in [0.5, 0.6) is 0 Å². The van der Waals surface area contributed by atoms with Gasteiger partial charge in [0.05, 0.1) is 5.92 Å². The lowest BCUT2D eigenvalue weighted by Crippen LogP contribution is -2.34. The number of halogens is 1. The number of amides is 2. The number of carboxylic acids is 1. The van der Waals surface area contributed by atoms with Crippen LogP contribution in [0.1, 0.15) is 12.5 Å². The number of anilines is 1. The van der Waals surface area contributed by atoms with Crippen LogP contribution in [-0.2, 0) is 4.79 Å². The molecular formula is C12H15FN2O3. The van der Waals surface area contributed by atoms with Crippen LogP contribution in [0, 0.1) is 18.7 Å². The molecule has 0 aromatic heterocycles. The molecule has 0 heterocycles. The van der Waals surface area contributed by atoms with E-state index in [-0.39, 0.29) is 6.54 Å². The fourth-order valence-electron chi connectivity index (χ4n) is 1.32. The molecule has 0 aliphatic carbocycles. The van der Waals surface area contributed by atoms with Gasteiger partial charge in [-0.05, 0) is 30.7 Å². The van der Waals surface area contributed by atoms with E-state index in [0.717, 1.165) is 0 Å². The second kappa shape index (κ2) is 6.00. The smallest absolute Gasteiger partial charge is 0.319 e. The molecule has 98 valence electrons. The summed E-state index contributed by atoms with van der Waals surface area (Å²) in [4.78, 5) is 22.0. The Balaban J connectivity index is 2.52. The summed E-state index contributed by atoms with van der Waals surface area (Å²) < 4.78 is 13.0. The molecule has 6 heteroatoms. The third-order valence-corrected chi connectivity index (χ3v) is 2.29. The average Bonchev–Trinajstić information content (AvgIpc) is 2.24. The molecule has 0 saturated carbocycles. The van der Waals surface area contributed by atoms with Crippen LogP contribution in [0.3, 0.4) is 0 Å². The van der Waals surface area contributed by atoms with Gasteiger partial charge in [-0.3, -0.25) is 4.79 Å². The van der Waals surface area contributed by atoms with E-state index in [0.29, 0.717) is 11.3 Å². The minimum absolute atomic E-state index is 0.00939. The summed E-state index contributed by atoms with van der Waals surface area (Å²) in [5.74, 6) is -2.11. The highest BCUT2D eigenvalue weighted by Gasteiger charge is 2.12. The van der Waals surface area contributed by atoms with Gasteiger partial charge in [-0.2, -0.15) is 0 Å². The van der Waals surface area contributed by atoms with Crippen molar-refractivity contribution < 1.29 is 19.1 Å². The molecule has 0 radical (unpaired) electrons. The highest BCUT2D eigenvalue weighted by molar-refractivity contribution is 5.89. The zero-order valence-electron chi connectivity index (χ0n) is 10.2. The minimum Gasteiger partial charge on any atom is -0.481 e. The van der Waals surface area contributed by atoms with E-state index in [1.165, 1.54) is 19.1 Å². The zero-order chi connectivity index (χ0) is 13.7. The van der Waals surface area contributed by atoms with Gasteiger partial charge in [-0.15, -0.1) is 0 Å². The maximum absolute atomic E-state index is 13.0. The number of carbonyl (C=O) groups excluding carboxylic acids is 1. The van der Waals surface area contributed by atoms with Crippen molar-refractivity contribution in [2.45, 2.75) is 13.8 Å². The summed E-state index contributed by atoms with van der Waals surface area (Å²) >= 11 is 0. The molecule has 0 bridgehead atoms. The van der Waals surface area contributed by atoms with Crippen LogP contribution >= 0.6 is 0 Å². The van der Waals surface area contributed by atoms with Crippen molar-refractivity contribution >= 4 is 17.7 Å². The van der Waals surface area contributed by atoms with Gasteiger partial charge in [-0.1, -0.05) is 6.92 Å². The fraction of sp³-hybridized carbons (Fsp3) is 0.333. The van der Waals surface area contributed by atoms with Gasteiger partial charge in [0, 0.05) is 12.2 Å². The first-order valence-corrected chi connectivity index (χ1v) is 5.43. The summed E-state index contributed by atoms with van der Waals surface area (Å²) in [7, 11) is 0. The van der Waals surface area contributed by atoms with E-state index in [1.54, 1.807) is 13.0 Å². The van der Waals surface area contributed by atoms with Gasteiger partial charge in [0.15, 0.2) is 0 Å². The Morgan fingerprint density at radius 2 is 2.06 bits per heavy atom. The monoisotopic (exact) mass is 254 g/mol. The molecule has 0 aliphatic rings. The normalized spacial score (nSPS) is 11.7. The maximum Gasteiger partial charge on any atom is 0.319 e. The highest BCUT2D eigenvalue weighted by Crippen LogP contribution is 2.12. The number of nitrogens with one attached hydrogen (secondary N) is 2. The van der Waals surface area contributed by atoms with E-state index < -0.39 is 23.7 Å². The number of aliphatic carboxylic acids is 1. The summed E-state index contributed by atoms with van der Waals surface area (Å²) in [5, 5.41) is 13.5. The average molecular weight is 254 g/mol. The van der Waals surface area contributed by atoms with Crippen molar-refractivity contribution in [3.63, 3.8) is 0 Å². The molecule has 1 atom stereocenters. The Hall–Kier alpha value is -2.11. The topological polar surface area (TPSA) is 78.4 Å². The first-order valence-electron chi connectivity index (χ1n) is 5.43. The molecule has 2 amide bonds. The number of urea groups is 1. The predicted octanol–water partition coefficient (Wildman–Crippen LogP) is 1.98. The van der Waals surface area contributed by atoms with E-state index in [4.69, 9.17) is 5.11 Å². The van der Waals surface area contributed by atoms with Gasteiger partial charge in [0.2, 0.25) is 0 Å². The number of rotatable bonds is 4. The number of carbonyl (C=O) groups is 2. The molecule has 1 aromatic rings. The Kier molecular flexibility index (Phi) is 4.65. The molecule has 0 aliphatic heterocycles.